The number of methoxy groups -OCH3 is 1. The van der Waals surface area contributed by atoms with E-state index < -0.39 is 35.2 Å². The number of carbonyl (C=O) groups excluding carboxylic acids is 2. The second kappa shape index (κ2) is 9.57. The van der Waals surface area contributed by atoms with Gasteiger partial charge in [0.1, 0.15) is 0 Å². The first-order valence-corrected chi connectivity index (χ1v) is 11.7. The number of hydrogen-bond donors (Lipinski definition) is 1. The zero-order chi connectivity index (χ0) is 27.2. The molecular formula is C28H19ClF3NO5. The molecule has 6 nitrogen and oxygen atoms in total. The number of furan rings is 1. The number of ketones is 1. The smallest absolute Gasteiger partial charge is 0.416 e. The van der Waals surface area contributed by atoms with Gasteiger partial charge in [-0.25, -0.2) is 0 Å². The summed E-state index contributed by atoms with van der Waals surface area (Å²) in [4.78, 5) is 28.1. The van der Waals surface area contributed by atoms with Crippen molar-refractivity contribution in [3.63, 3.8) is 0 Å². The van der Waals surface area contributed by atoms with E-state index in [0.29, 0.717) is 16.0 Å². The first kappa shape index (κ1) is 25.4. The molecule has 5 rings (SSSR count). The van der Waals surface area contributed by atoms with Crippen molar-refractivity contribution in [1.82, 2.24) is 4.90 Å². The Morgan fingerprint density at radius 2 is 1.82 bits per heavy atom. The molecule has 1 amide bonds. The van der Waals surface area contributed by atoms with Crippen LogP contribution < -0.4 is 4.74 Å². The van der Waals surface area contributed by atoms with Gasteiger partial charge in [0.05, 0.1) is 24.3 Å². The minimum absolute atomic E-state index is 0.170. The predicted molar refractivity (Wildman–Crippen MR) is 133 cm³/mol. The summed E-state index contributed by atoms with van der Waals surface area (Å²) < 4.78 is 50.9. The Hall–Kier alpha value is -4.24. The molecule has 1 N–H and O–H groups in total. The van der Waals surface area contributed by atoms with Crippen molar-refractivity contribution >= 4 is 34.3 Å². The van der Waals surface area contributed by atoms with Crippen LogP contribution in [0.5, 0.6) is 5.75 Å². The zero-order valence-corrected chi connectivity index (χ0v) is 20.5. The third kappa shape index (κ3) is 4.50. The van der Waals surface area contributed by atoms with Crippen molar-refractivity contribution in [3.05, 3.63) is 112 Å². The monoisotopic (exact) mass is 541 g/mol. The molecule has 3 aromatic carbocycles. The van der Waals surface area contributed by atoms with Gasteiger partial charge in [-0.2, -0.15) is 13.2 Å². The van der Waals surface area contributed by atoms with Crippen LogP contribution in [0.4, 0.5) is 13.2 Å². The quantitative estimate of drug-likeness (QED) is 0.269. The molecule has 1 aliphatic rings. The van der Waals surface area contributed by atoms with E-state index in [-0.39, 0.29) is 34.8 Å². The fourth-order valence-electron chi connectivity index (χ4n) is 4.56. The van der Waals surface area contributed by atoms with Gasteiger partial charge in [0.25, 0.3) is 5.91 Å². The summed E-state index contributed by atoms with van der Waals surface area (Å²) in [5, 5.41) is 11.7. The van der Waals surface area contributed by atoms with Crippen LogP contribution in [0.15, 0.2) is 88.5 Å². The van der Waals surface area contributed by atoms with Gasteiger partial charge >= 0.3 is 6.18 Å². The van der Waals surface area contributed by atoms with Crippen LogP contribution in [-0.4, -0.2) is 28.8 Å². The summed E-state index contributed by atoms with van der Waals surface area (Å²) in [6.45, 7) is -0.285. The number of halogens is 4. The molecule has 1 aromatic heterocycles. The van der Waals surface area contributed by atoms with Gasteiger partial charge < -0.3 is 19.2 Å². The summed E-state index contributed by atoms with van der Waals surface area (Å²) in [5.41, 5.74) is -0.212. The molecule has 4 aromatic rings. The number of amides is 1. The topological polar surface area (TPSA) is 80.0 Å². The van der Waals surface area contributed by atoms with Crippen LogP contribution in [0.1, 0.15) is 33.3 Å². The maximum Gasteiger partial charge on any atom is 0.416 e. The predicted octanol–water partition coefficient (Wildman–Crippen LogP) is 6.89. The van der Waals surface area contributed by atoms with Crippen molar-refractivity contribution in [2.45, 2.75) is 18.8 Å². The van der Waals surface area contributed by atoms with Gasteiger partial charge in [-0.1, -0.05) is 54.1 Å². The molecule has 0 radical (unpaired) electrons. The average Bonchev–Trinajstić information content (AvgIpc) is 3.43. The van der Waals surface area contributed by atoms with Crippen molar-refractivity contribution in [2.24, 2.45) is 0 Å². The van der Waals surface area contributed by atoms with Crippen molar-refractivity contribution < 1.29 is 37.0 Å². The highest BCUT2D eigenvalue weighted by Gasteiger charge is 2.44. The Kier molecular flexibility index (Phi) is 6.40. The molecule has 0 saturated carbocycles. The van der Waals surface area contributed by atoms with E-state index in [9.17, 15) is 27.9 Å². The van der Waals surface area contributed by atoms with Crippen LogP contribution in [0.2, 0.25) is 5.02 Å². The van der Waals surface area contributed by atoms with Gasteiger partial charge in [-0.05, 0) is 35.4 Å². The van der Waals surface area contributed by atoms with Gasteiger partial charge in [-0.3, -0.25) is 9.59 Å². The minimum atomic E-state index is -4.57. The zero-order valence-electron chi connectivity index (χ0n) is 19.8. The Morgan fingerprint density at radius 3 is 2.50 bits per heavy atom. The van der Waals surface area contributed by atoms with Crippen molar-refractivity contribution in [1.29, 1.82) is 0 Å². The molecule has 38 heavy (non-hydrogen) atoms. The normalized spacial score (nSPS) is 16.0. The van der Waals surface area contributed by atoms with Crippen LogP contribution in [-0.2, 0) is 17.5 Å². The second-order valence-electron chi connectivity index (χ2n) is 8.67. The molecule has 1 aliphatic heterocycles. The van der Waals surface area contributed by atoms with E-state index in [2.05, 4.69) is 0 Å². The summed E-state index contributed by atoms with van der Waals surface area (Å²) in [6, 6.07) is 16.4. The van der Waals surface area contributed by atoms with E-state index in [1.165, 1.54) is 31.4 Å². The standard InChI is InChI=1S/C28H19ClF3NO5/c1-37-21-13-19(29)11-17-12-20(38-26(17)21)24(34)22-23(16-7-3-2-4-8-16)33(27(36)25(22)35)14-15-6-5-9-18(10-15)28(30,31)32/h2-13,23,35H,14H2,1H3. The molecule has 1 atom stereocenters. The SMILES string of the molecule is COc1cc(Cl)cc2cc(C(=O)C3=C(O)C(=O)N(Cc4cccc(C(F)(F)F)c4)C3c3ccccc3)oc12. The highest BCUT2D eigenvalue weighted by atomic mass is 35.5. The lowest BCUT2D eigenvalue weighted by atomic mass is 9.94. The number of carbonyl (C=O) groups is 2. The molecule has 2 heterocycles. The highest BCUT2D eigenvalue weighted by Crippen LogP contribution is 2.42. The third-order valence-electron chi connectivity index (χ3n) is 6.26. The van der Waals surface area contributed by atoms with Crippen LogP contribution in [0.25, 0.3) is 11.0 Å². The number of hydrogen-bond acceptors (Lipinski definition) is 5. The number of benzene rings is 3. The van der Waals surface area contributed by atoms with Crippen molar-refractivity contribution in [2.75, 3.05) is 7.11 Å². The number of aliphatic hydroxyl groups is 1. The Balaban J connectivity index is 1.58. The first-order chi connectivity index (χ1) is 18.1. The molecule has 1 unspecified atom stereocenters. The number of aliphatic hydroxyl groups excluding tert-OH is 1. The van der Waals surface area contributed by atoms with Gasteiger partial charge in [0.2, 0.25) is 5.78 Å². The third-order valence-corrected chi connectivity index (χ3v) is 6.48. The summed E-state index contributed by atoms with van der Waals surface area (Å²) in [7, 11) is 1.41. The molecule has 0 saturated heterocycles. The number of fused-ring (bicyclic) bond motifs is 1. The Bertz CT molecular complexity index is 1590. The summed E-state index contributed by atoms with van der Waals surface area (Å²) in [5.74, 6) is -2.34. The number of nitrogens with zero attached hydrogens (tertiary/aromatic N) is 1. The second-order valence-corrected chi connectivity index (χ2v) is 9.11. The molecular weight excluding hydrogens is 523 g/mol. The van der Waals surface area contributed by atoms with E-state index in [0.717, 1.165) is 17.0 Å². The maximum atomic E-state index is 13.7. The maximum absolute atomic E-state index is 13.7. The number of Topliss-reactive ketones (excluding diaryl/α,β-unsaturated/α-hetero) is 1. The Morgan fingerprint density at radius 1 is 1.08 bits per heavy atom. The van der Waals surface area contributed by atoms with Gasteiger partial charge in [0, 0.05) is 23.0 Å². The summed E-state index contributed by atoms with van der Waals surface area (Å²) in [6.07, 6.45) is -4.57. The average molecular weight is 542 g/mol. The lowest BCUT2D eigenvalue weighted by Gasteiger charge is -2.27. The number of rotatable bonds is 6. The molecule has 0 aliphatic carbocycles. The minimum Gasteiger partial charge on any atom is -0.503 e. The largest absolute Gasteiger partial charge is 0.503 e. The lowest BCUT2D eigenvalue weighted by molar-refractivity contribution is -0.137. The number of ether oxygens (including phenoxy) is 1. The van der Waals surface area contributed by atoms with Crippen LogP contribution in [0, 0.1) is 0 Å². The van der Waals surface area contributed by atoms with Crippen molar-refractivity contribution in [3.8, 4) is 5.75 Å². The van der Waals surface area contributed by atoms with E-state index in [1.807, 2.05) is 0 Å². The van der Waals surface area contributed by atoms with Crippen LogP contribution >= 0.6 is 11.6 Å². The summed E-state index contributed by atoms with van der Waals surface area (Å²) >= 11 is 6.12. The van der Waals surface area contributed by atoms with E-state index in [1.54, 1.807) is 36.4 Å². The lowest BCUT2D eigenvalue weighted by Crippen LogP contribution is -2.30. The van der Waals surface area contributed by atoms with Gasteiger partial charge in [0.15, 0.2) is 22.9 Å². The molecule has 0 fully saturated rings. The molecule has 194 valence electrons. The molecule has 0 bridgehead atoms. The molecule has 10 heteroatoms. The van der Waals surface area contributed by atoms with Crippen LogP contribution in [0.3, 0.4) is 0 Å². The van der Waals surface area contributed by atoms with E-state index in [4.69, 9.17) is 20.8 Å². The fourth-order valence-corrected chi connectivity index (χ4v) is 4.77. The first-order valence-electron chi connectivity index (χ1n) is 11.4. The Labute approximate surface area is 219 Å². The van der Waals surface area contributed by atoms with E-state index >= 15 is 0 Å². The fraction of sp³-hybridized carbons (Fsp3) is 0.143. The van der Waals surface area contributed by atoms with Gasteiger partial charge in [-0.15, -0.1) is 0 Å². The number of alkyl halides is 3. The highest BCUT2D eigenvalue weighted by molar-refractivity contribution is 6.31. The molecule has 0 spiro atoms.